The van der Waals surface area contributed by atoms with Crippen LogP contribution < -0.4 is 11.1 Å². The highest BCUT2D eigenvalue weighted by Crippen LogP contribution is 2.36. The molecule has 2 rings (SSSR count). The van der Waals surface area contributed by atoms with Crippen LogP contribution in [0.15, 0.2) is 0 Å². The van der Waals surface area contributed by atoms with E-state index in [9.17, 15) is 14.7 Å². The molecular formula is C16H28N2O3. The van der Waals surface area contributed by atoms with Crippen molar-refractivity contribution in [1.29, 1.82) is 0 Å². The molecule has 0 aromatic heterocycles. The number of hydrogen-bond donors (Lipinski definition) is 3. The highest BCUT2D eigenvalue weighted by molar-refractivity contribution is 5.81. The second-order valence-electron chi connectivity index (χ2n) is 6.75. The van der Waals surface area contributed by atoms with E-state index in [0.717, 1.165) is 44.9 Å². The Hall–Kier alpha value is -1.10. The molecule has 2 fully saturated rings. The van der Waals surface area contributed by atoms with Crippen LogP contribution in [0.5, 0.6) is 0 Å². The molecule has 0 aromatic carbocycles. The maximum Gasteiger partial charge on any atom is 0.311 e. The maximum absolute atomic E-state index is 12.3. The fourth-order valence-electron chi connectivity index (χ4n) is 3.92. The zero-order valence-electron chi connectivity index (χ0n) is 12.8. The molecule has 2 unspecified atom stereocenters. The number of carbonyl (C=O) groups is 2. The van der Waals surface area contributed by atoms with Crippen LogP contribution in [0.25, 0.3) is 0 Å². The molecule has 2 saturated carbocycles. The van der Waals surface area contributed by atoms with E-state index in [1.807, 2.05) is 0 Å². The first kappa shape index (κ1) is 16.3. The van der Waals surface area contributed by atoms with E-state index in [0.29, 0.717) is 19.4 Å². The first-order valence-corrected chi connectivity index (χ1v) is 8.30. The number of carbonyl (C=O) groups excluding carboxylic acids is 1. The molecule has 4 N–H and O–H groups in total. The van der Waals surface area contributed by atoms with Crippen molar-refractivity contribution in [3.8, 4) is 0 Å². The Bertz CT molecular complexity index is 376. The average molecular weight is 296 g/mol. The van der Waals surface area contributed by atoms with E-state index < -0.39 is 11.4 Å². The van der Waals surface area contributed by atoms with Crippen molar-refractivity contribution in [2.75, 3.05) is 13.1 Å². The van der Waals surface area contributed by atoms with Gasteiger partial charge in [0.05, 0.1) is 5.41 Å². The van der Waals surface area contributed by atoms with E-state index in [1.54, 1.807) is 0 Å². The van der Waals surface area contributed by atoms with Crippen LogP contribution in [0.1, 0.15) is 57.8 Å². The summed E-state index contributed by atoms with van der Waals surface area (Å²) in [5.74, 6) is -0.508. The van der Waals surface area contributed by atoms with E-state index in [1.165, 1.54) is 0 Å². The van der Waals surface area contributed by atoms with E-state index >= 15 is 0 Å². The zero-order chi connectivity index (χ0) is 15.3. The topological polar surface area (TPSA) is 92.4 Å². The van der Waals surface area contributed by atoms with Crippen LogP contribution in [0, 0.1) is 17.3 Å². The number of nitrogens with two attached hydrogens (primary N) is 1. The van der Waals surface area contributed by atoms with E-state index in [2.05, 4.69) is 5.32 Å². The van der Waals surface area contributed by atoms with Crippen molar-refractivity contribution < 1.29 is 14.7 Å². The van der Waals surface area contributed by atoms with Gasteiger partial charge >= 0.3 is 5.97 Å². The monoisotopic (exact) mass is 296 g/mol. The second-order valence-corrected chi connectivity index (χ2v) is 6.75. The number of carboxylic acid groups (broad SMARTS) is 1. The lowest BCUT2D eigenvalue weighted by Gasteiger charge is -2.29. The van der Waals surface area contributed by atoms with Gasteiger partial charge in [-0.3, -0.25) is 9.59 Å². The van der Waals surface area contributed by atoms with Crippen molar-refractivity contribution in [2.24, 2.45) is 23.0 Å². The molecule has 5 heteroatoms. The maximum atomic E-state index is 12.3. The largest absolute Gasteiger partial charge is 0.481 e. The molecule has 5 nitrogen and oxygen atoms in total. The van der Waals surface area contributed by atoms with Gasteiger partial charge in [-0.1, -0.05) is 32.1 Å². The molecule has 0 aromatic rings. The summed E-state index contributed by atoms with van der Waals surface area (Å²) in [6.45, 7) is 0.817. The van der Waals surface area contributed by atoms with E-state index in [4.69, 9.17) is 5.73 Å². The lowest BCUT2D eigenvalue weighted by atomic mass is 9.80. The predicted octanol–water partition coefficient (Wildman–Crippen LogP) is 1.90. The third kappa shape index (κ3) is 3.76. The molecule has 0 heterocycles. The summed E-state index contributed by atoms with van der Waals surface area (Å²) in [4.78, 5) is 24.1. The van der Waals surface area contributed by atoms with Gasteiger partial charge in [0.25, 0.3) is 0 Å². The first-order chi connectivity index (χ1) is 10.1. The average Bonchev–Trinajstić information content (AvgIpc) is 2.82. The standard InChI is InChI=1S/C16H28N2O3/c17-10-12-6-5-7-13(12)14(19)18-11-16(15(20)21)8-3-1-2-4-9-16/h12-13H,1-11,17H2,(H,18,19)(H,20,21). The Kier molecular flexibility index (Phi) is 5.62. The van der Waals surface area contributed by atoms with Crippen LogP contribution in [-0.2, 0) is 9.59 Å². The first-order valence-electron chi connectivity index (χ1n) is 8.30. The third-order valence-electron chi connectivity index (χ3n) is 5.41. The normalized spacial score (nSPS) is 28.8. The molecule has 0 spiro atoms. The highest BCUT2D eigenvalue weighted by Gasteiger charge is 2.40. The molecule has 2 aliphatic carbocycles. The summed E-state index contributed by atoms with van der Waals surface area (Å²) in [7, 11) is 0. The van der Waals surface area contributed by atoms with Gasteiger partial charge in [0, 0.05) is 12.5 Å². The Balaban J connectivity index is 1.95. The molecule has 120 valence electrons. The fourth-order valence-corrected chi connectivity index (χ4v) is 3.92. The van der Waals surface area contributed by atoms with Gasteiger partial charge in [0.1, 0.15) is 0 Å². The highest BCUT2D eigenvalue weighted by atomic mass is 16.4. The van der Waals surface area contributed by atoms with Gasteiger partial charge in [-0.15, -0.1) is 0 Å². The Morgan fingerprint density at radius 3 is 2.33 bits per heavy atom. The SMILES string of the molecule is NCC1CCCC1C(=O)NCC1(C(=O)O)CCCCCC1. The number of carboxylic acids is 1. The molecule has 2 aliphatic rings. The molecule has 0 aliphatic heterocycles. The molecule has 21 heavy (non-hydrogen) atoms. The van der Waals surface area contributed by atoms with Gasteiger partial charge in [0.15, 0.2) is 0 Å². The van der Waals surface area contributed by atoms with Crippen LogP contribution in [-0.4, -0.2) is 30.1 Å². The van der Waals surface area contributed by atoms with Gasteiger partial charge in [-0.25, -0.2) is 0 Å². The number of amides is 1. The summed E-state index contributed by atoms with van der Waals surface area (Å²) < 4.78 is 0. The second kappa shape index (κ2) is 7.25. The fraction of sp³-hybridized carbons (Fsp3) is 0.875. The van der Waals surface area contributed by atoms with Gasteiger partial charge < -0.3 is 16.2 Å². The van der Waals surface area contributed by atoms with Crippen molar-refractivity contribution in [3.63, 3.8) is 0 Å². The lowest BCUT2D eigenvalue weighted by Crippen LogP contribution is -2.45. The summed E-state index contributed by atoms with van der Waals surface area (Å²) in [6.07, 6.45) is 8.37. The summed E-state index contributed by atoms with van der Waals surface area (Å²) in [5, 5.41) is 12.6. The number of aliphatic carboxylic acids is 1. The summed E-state index contributed by atoms with van der Waals surface area (Å²) in [6, 6.07) is 0. The minimum atomic E-state index is -0.761. The van der Waals surface area contributed by atoms with Crippen molar-refractivity contribution in [1.82, 2.24) is 5.32 Å². The van der Waals surface area contributed by atoms with Crippen molar-refractivity contribution >= 4 is 11.9 Å². The molecule has 0 saturated heterocycles. The van der Waals surface area contributed by atoms with Gasteiger partial charge in [-0.05, 0) is 38.1 Å². The predicted molar refractivity (Wildman–Crippen MR) is 80.7 cm³/mol. The van der Waals surface area contributed by atoms with Crippen molar-refractivity contribution in [3.05, 3.63) is 0 Å². The Morgan fingerprint density at radius 2 is 1.76 bits per heavy atom. The Labute approximate surface area is 126 Å². The number of nitrogens with one attached hydrogen (secondary N) is 1. The van der Waals surface area contributed by atoms with Crippen LogP contribution in [0.2, 0.25) is 0 Å². The van der Waals surface area contributed by atoms with Crippen LogP contribution in [0.4, 0.5) is 0 Å². The number of hydrogen-bond acceptors (Lipinski definition) is 3. The summed E-state index contributed by atoms with van der Waals surface area (Å²) in [5.41, 5.74) is 4.96. The van der Waals surface area contributed by atoms with Crippen LogP contribution in [0.3, 0.4) is 0 Å². The molecule has 0 radical (unpaired) electrons. The number of rotatable bonds is 5. The molecule has 2 atom stereocenters. The van der Waals surface area contributed by atoms with Gasteiger partial charge in [-0.2, -0.15) is 0 Å². The quantitative estimate of drug-likeness (QED) is 0.676. The lowest BCUT2D eigenvalue weighted by molar-refractivity contribution is -0.150. The third-order valence-corrected chi connectivity index (χ3v) is 5.41. The summed E-state index contributed by atoms with van der Waals surface area (Å²) >= 11 is 0. The molecular weight excluding hydrogens is 268 g/mol. The zero-order valence-corrected chi connectivity index (χ0v) is 12.8. The molecule has 0 bridgehead atoms. The van der Waals surface area contributed by atoms with Crippen LogP contribution >= 0.6 is 0 Å². The van der Waals surface area contributed by atoms with Crippen molar-refractivity contribution in [2.45, 2.75) is 57.8 Å². The minimum absolute atomic E-state index is 0.00724. The van der Waals surface area contributed by atoms with E-state index in [-0.39, 0.29) is 24.3 Å². The Morgan fingerprint density at radius 1 is 1.10 bits per heavy atom. The molecule has 1 amide bonds. The minimum Gasteiger partial charge on any atom is -0.481 e. The van der Waals surface area contributed by atoms with Gasteiger partial charge in [0.2, 0.25) is 5.91 Å². The smallest absolute Gasteiger partial charge is 0.311 e.